The first-order valence-corrected chi connectivity index (χ1v) is 8.50. The Kier molecular flexibility index (Phi) is 5.88. The van der Waals surface area contributed by atoms with Crippen LogP contribution in [0, 0.1) is 11.3 Å². The van der Waals surface area contributed by atoms with Crippen LogP contribution >= 0.6 is 0 Å². The topological polar surface area (TPSA) is 21.7 Å². The van der Waals surface area contributed by atoms with Crippen LogP contribution in [0.4, 0.5) is 0 Å². The zero-order chi connectivity index (χ0) is 14.6. The molecule has 0 aromatic rings. The summed E-state index contributed by atoms with van der Waals surface area (Å²) >= 11 is 0. The molecule has 0 aromatic heterocycles. The van der Waals surface area contributed by atoms with E-state index in [2.05, 4.69) is 32.6 Å². The Morgan fingerprint density at radius 2 is 1.80 bits per heavy atom. The maximum Gasteiger partial charge on any atom is 0.0593 e. The molecule has 0 amide bonds. The Morgan fingerprint density at radius 3 is 2.35 bits per heavy atom. The molecular formula is C17H33NO2. The monoisotopic (exact) mass is 283 g/mol. The number of piperidine rings is 1. The van der Waals surface area contributed by atoms with Crippen LogP contribution in [0.1, 0.15) is 53.4 Å². The second kappa shape index (κ2) is 7.24. The number of rotatable bonds is 7. The summed E-state index contributed by atoms with van der Waals surface area (Å²) in [6.07, 6.45) is 6.24. The van der Waals surface area contributed by atoms with Gasteiger partial charge in [0.15, 0.2) is 0 Å². The molecule has 2 rings (SSSR count). The fourth-order valence-corrected chi connectivity index (χ4v) is 3.46. The van der Waals surface area contributed by atoms with Crippen molar-refractivity contribution in [1.82, 2.24) is 4.90 Å². The van der Waals surface area contributed by atoms with Gasteiger partial charge in [0.05, 0.1) is 18.8 Å². The van der Waals surface area contributed by atoms with E-state index in [1.807, 2.05) is 0 Å². The van der Waals surface area contributed by atoms with Crippen molar-refractivity contribution in [3.8, 4) is 0 Å². The highest BCUT2D eigenvalue weighted by Gasteiger charge is 2.46. The van der Waals surface area contributed by atoms with Crippen LogP contribution in [0.25, 0.3) is 0 Å². The normalized spacial score (nSPS) is 25.1. The molecule has 0 radical (unpaired) electrons. The van der Waals surface area contributed by atoms with E-state index in [4.69, 9.17) is 9.47 Å². The summed E-state index contributed by atoms with van der Waals surface area (Å²) in [7, 11) is 0. The highest BCUT2D eigenvalue weighted by atomic mass is 16.5. The lowest BCUT2D eigenvalue weighted by molar-refractivity contribution is -0.137. The van der Waals surface area contributed by atoms with E-state index >= 15 is 0 Å². The van der Waals surface area contributed by atoms with Crippen molar-refractivity contribution >= 4 is 0 Å². The lowest BCUT2D eigenvalue weighted by Gasteiger charge is -2.52. The minimum Gasteiger partial charge on any atom is -0.380 e. The molecule has 118 valence electrons. The SMILES string of the molecule is CCOCCN1CCC2(CC1)CC(OC(C)C(C)C)C2. The molecule has 0 bridgehead atoms. The molecular weight excluding hydrogens is 250 g/mol. The molecule has 1 heterocycles. The zero-order valence-electron chi connectivity index (χ0n) is 13.9. The van der Waals surface area contributed by atoms with Crippen LogP contribution in [-0.4, -0.2) is 50.0 Å². The molecule has 2 aliphatic rings. The van der Waals surface area contributed by atoms with Crippen LogP contribution in [0.15, 0.2) is 0 Å². The van der Waals surface area contributed by atoms with Crippen molar-refractivity contribution in [2.75, 3.05) is 32.8 Å². The molecule has 1 aliphatic heterocycles. The van der Waals surface area contributed by atoms with Crippen molar-refractivity contribution in [3.05, 3.63) is 0 Å². The first-order valence-electron chi connectivity index (χ1n) is 8.50. The van der Waals surface area contributed by atoms with E-state index in [1.54, 1.807) is 0 Å². The Bertz CT molecular complexity index is 277. The Hall–Kier alpha value is -0.120. The number of hydrogen-bond acceptors (Lipinski definition) is 3. The second-order valence-corrected chi connectivity index (χ2v) is 7.15. The molecule has 3 nitrogen and oxygen atoms in total. The zero-order valence-corrected chi connectivity index (χ0v) is 13.9. The molecule has 1 saturated heterocycles. The molecule has 3 heteroatoms. The fourth-order valence-electron chi connectivity index (χ4n) is 3.46. The molecule has 0 N–H and O–H groups in total. The van der Waals surface area contributed by atoms with Gasteiger partial charge in [0, 0.05) is 13.2 Å². The maximum absolute atomic E-state index is 6.15. The van der Waals surface area contributed by atoms with Crippen LogP contribution < -0.4 is 0 Å². The number of hydrogen-bond donors (Lipinski definition) is 0. The van der Waals surface area contributed by atoms with Crippen LogP contribution in [0.3, 0.4) is 0 Å². The summed E-state index contributed by atoms with van der Waals surface area (Å²) in [6.45, 7) is 14.1. The molecule has 20 heavy (non-hydrogen) atoms. The number of nitrogens with zero attached hydrogens (tertiary/aromatic N) is 1. The smallest absolute Gasteiger partial charge is 0.0593 e. The van der Waals surface area contributed by atoms with E-state index in [0.717, 1.165) is 19.8 Å². The molecule has 2 fully saturated rings. The molecule has 1 unspecified atom stereocenters. The standard InChI is InChI=1S/C17H33NO2/c1-5-19-11-10-18-8-6-17(7-9-18)12-16(13-17)20-15(4)14(2)3/h14-16H,5-13H2,1-4H3. The van der Waals surface area contributed by atoms with Crippen molar-refractivity contribution in [3.63, 3.8) is 0 Å². The highest BCUT2D eigenvalue weighted by Crippen LogP contribution is 2.50. The summed E-state index contributed by atoms with van der Waals surface area (Å²) in [5.74, 6) is 0.631. The van der Waals surface area contributed by atoms with Gasteiger partial charge >= 0.3 is 0 Å². The van der Waals surface area contributed by atoms with E-state index < -0.39 is 0 Å². The van der Waals surface area contributed by atoms with Crippen molar-refractivity contribution in [2.24, 2.45) is 11.3 Å². The van der Waals surface area contributed by atoms with Crippen molar-refractivity contribution in [2.45, 2.75) is 65.6 Å². The molecule has 1 atom stereocenters. The first-order chi connectivity index (χ1) is 9.54. The summed E-state index contributed by atoms with van der Waals surface area (Å²) < 4.78 is 11.6. The lowest BCUT2D eigenvalue weighted by Crippen LogP contribution is -2.51. The third kappa shape index (κ3) is 4.19. The average molecular weight is 283 g/mol. The molecule has 0 aromatic carbocycles. The summed E-state index contributed by atoms with van der Waals surface area (Å²) in [5, 5.41) is 0. The van der Waals surface area contributed by atoms with Gasteiger partial charge in [-0.05, 0) is 64.0 Å². The summed E-state index contributed by atoms with van der Waals surface area (Å²) in [4.78, 5) is 2.56. The Morgan fingerprint density at radius 1 is 1.15 bits per heavy atom. The average Bonchev–Trinajstić information content (AvgIpc) is 2.39. The van der Waals surface area contributed by atoms with Crippen LogP contribution in [0.5, 0.6) is 0 Å². The quantitative estimate of drug-likeness (QED) is 0.669. The number of ether oxygens (including phenoxy) is 2. The summed E-state index contributed by atoms with van der Waals surface area (Å²) in [5.41, 5.74) is 0.615. The van der Waals surface area contributed by atoms with E-state index in [-0.39, 0.29) is 0 Å². The third-order valence-corrected chi connectivity index (χ3v) is 5.34. The van der Waals surface area contributed by atoms with Gasteiger partial charge in [-0.1, -0.05) is 13.8 Å². The second-order valence-electron chi connectivity index (χ2n) is 7.15. The molecule has 1 spiro atoms. The maximum atomic E-state index is 6.15. The first kappa shape index (κ1) is 16.3. The van der Waals surface area contributed by atoms with E-state index in [9.17, 15) is 0 Å². The van der Waals surface area contributed by atoms with Crippen LogP contribution in [0.2, 0.25) is 0 Å². The minimum absolute atomic E-state index is 0.406. The van der Waals surface area contributed by atoms with Gasteiger partial charge in [0.25, 0.3) is 0 Å². The van der Waals surface area contributed by atoms with E-state index in [1.165, 1.54) is 38.8 Å². The van der Waals surface area contributed by atoms with Gasteiger partial charge in [0.1, 0.15) is 0 Å². The lowest BCUT2D eigenvalue weighted by atomic mass is 9.61. The van der Waals surface area contributed by atoms with E-state index in [0.29, 0.717) is 23.5 Å². The predicted molar refractivity (Wildman–Crippen MR) is 83.0 cm³/mol. The van der Waals surface area contributed by atoms with Crippen molar-refractivity contribution < 1.29 is 9.47 Å². The fraction of sp³-hybridized carbons (Fsp3) is 1.00. The predicted octanol–water partition coefficient (Wildman–Crippen LogP) is 3.33. The Balaban J connectivity index is 1.63. The van der Waals surface area contributed by atoms with Gasteiger partial charge in [-0.2, -0.15) is 0 Å². The largest absolute Gasteiger partial charge is 0.380 e. The van der Waals surface area contributed by atoms with Gasteiger partial charge in [-0.3, -0.25) is 0 Å². The van der Waals surface area contributed by atoms with Gasteiger partial charge in [-0.25, -0.2) is 0 Å². The highest BCUT2D eigenvalue weighted by molar-refractivity contribution is 4.98. The number of likely N-dealkylation sites (tertiary alicyclic amines) is 1. The van der Waals surface area contributed by atoms with Gasteiger partial charge in [0.2, 0.25) is 0 Å². The van der Waals surface area contributed by atoms with Gasteiger partial charge in [-0.15, -0.1) is 0 Å². The molecule has 1 saturated carbocycles. The third-order valence-electron chi connectivity index (χ3n) is 5.34. The summed E-state index contributed by atoms with van der Waals surface area (Å²) in [6, 6.07) is 0. The van der Waals surface area contributed by atoms with Crippen molar-refractivity contribution in [1.29, 1.82) is 0 Å². The molecule has 1 aliphatic carbocycles. The minimum atomic E-state index is 0.406. The van der Waals surface area contributed by atoms with Crippen LogP contribution in [-0.2, 0) is 9.47 Å². The van der Waals surface area contributed by atoms with Gasteiger partial charge < -0.3 is 14.4 Å². The Labute approximate surface area is 125 Å².